The van der Waals surface area contributed by atoms with Crippen LogP contribution in [0.3, 0.4) is 0 Å². The van der Waals surface area contributed by atoms with Crippen molar-refractivity contribution in [1.29, 1.82) is 0 Å². The molecule has 132 valence electrons. The number of carbonyl (C=O) groups is 2. The quantitative estimate of drug-likeness (QED) is 0.564. The van der Waals surface area contributed by atoms with Gasteiger partial charge in [-0.2, -0.15) is 0 Å². The second-order valence-electron chi connectivity index (χ2n) is 6.33. The van der Waals surface area contributed by atoms with Crippen molar-refractivity contribution in [1.82, 2.24) is 0 Å². The molecule has 0 spiro atoms. The molecule has 2 aromatic carbocycles. The molecule has 0 amide bonds. The number of Topliss-reactive ketones (excluding diaryl/α,β-unsaturated/α-hetero) is 2. The zero-order valence-corrected chi connectivity index (χ0v) is 14.9. The van der Waals surface area contributed by atoms with Gasteiger partial charge in [0.1, 0.15) is 17.3 Å². The zero-order valence-electron chi connectivity index (χ0n) is 14.9. The molecule has 3 nitrogen and oxygen atoms in total. The number of hydrogen-bond acceptors (Lipinski definition) is 3. The van der Waals surface area contributed by atoms with Gasteiger partial charge in [0, 0.05) is 25.7 Å². The predicted molar refractivity (Wildman–Crippen MR) is 99.9 cm³/mol. The first kappa shape index (κ1) is 18.9. The lowest BCUT2D eigenvalue weighted by Crippen LogP contribution is -2.04. The highest BCUT2D eigenvalue weighted by Crippen LogP contribution is 2.13. The fraction of sp³-hybridized carbons (Fsp3) is 0.364. The van der Waals surface area contributed by atoms with Gasteiger partial charge in [0.25, 0.3) is 0 Å². The summed E-state index contributed by atoms with van der Waals surface area (Å²) in [4.78, 5) is 23.9. The summed E-state index contributed by atoms with van der Waals surface area (Å²) in [5.41, 5.74) is 2.09. The van der Waals surface area contributed by atoms with Crippen molar-refractivity contribution in [2.24, 2.45) is 0 Å². The van der Waals surface area contributed by atoms with Crippen LogP contribution in [-0.4, -0.2) is 18.7 Å². The van der Waals surface area contributed by atoms with E-state index in [0.717, 1.165) is 36.1 Å². The number of methoxy groups -OCH3 is 1. The Morgan fingerprint density at radius 3 is 1.76 bits per heavy atom. The Hall–Kier alpha value is -2.42. The Morgan fingerprint density at radius 1 is 0.720 bits per heavy atom. The maximum atomic E-state index is 12.0. The molecular formula is C22H26O3. The van der Waals surface area contributed by atoms with Gasteiger partial charge < -0.3 is 4.74 Å². The molecule has 0 saturated heterocycles. The molecule has 2 aromatic rings. The van der Waals surface area contributed by atoms with Crippen molar-refractivity contribution in [2.75, 3.05) is 7.11 Å². The summed E-state index contributed by atoms with van der Waals surface area (Å²) in [6.07, 6.45) is 4.80. The monoisotopic (exact) mass is 338 g/mol. The van der Waals surface area contributed by atoms with Gasteiger partial charge in [-0.1, -0.05) is 48.9 Å². The van der Waals surface area contributed by atoms with Gasteiger partial charge in [0.05, 0.1) is 7.11 Å². The Kier molecular flexibility index (Phi) is 7.90. The van der Waals surface area contributed by atoms with E-state index >= 15 is 0 Å². The zero-order chi connectivity index (χ0) is 17.9. The van der Waals surface area contributed by atoms with Crippen molar-refractivity contribution in [2.45, 2.75) is 44.9 Å². The third-order valence-electron chi connectivity index (χ3n) is 4.22. The van der Waals surface area contributed by atoms with Crippen molar-refractivity contribution in [3.05, 3.63) is 65.7 Å². The van der Waals surface area contributed by atoms with Crippen LogP contribution in [-0.2, 0) is 22.4 Å². The molecule has 0 heterocycles. The molecular weight excluding hydrogens is 312 g/mol. The van der Waals surface area contributed by atoms with Crippen molar-refractivity contribution in [3.8, 4) is 5.75 Å². The van der Waals surface area contributed by atoms with Crippen LogP contribution in [0.1, 0.15) is 43.2 Å². The van der Waals surface area contributed by atoms with Crippen LogP contribution in [0.5, 0.6) is 5.75 Å². The van der Waals surface area contributed by atoms with Gasteiger partial charge >= 0.3 is 0 Å². The minimum atomic E-state index is 0.251. The van der Waals surface area contributed by atoms with Crippen molar-refractivity contribution >= 4 is 11.6 Å². The number of unbranched alkanes of at least 4 members (excludes halogenated alkanes) is 2. The van der Waals surface area contributed by atoms with Crippen molar-refractivity contribution in [3.63, 3.8) is 0 Å². The molecule has 0 bridgehead atoms. The molecule has 0 saturated carbocycles. The Balaban J connectivity index is 1.57. The number of ketones is 2. The largest absolute Gasteiger partial charge is 0.497 e. The summed E-state index contributed by atoms with van der Waals surface area (Å²) in [7, 11) is 1.63. The van der Waals surface area contributed by atoms with Crippen LogP contribution in [0.15, 0.2) is 54.6 Å². The molecule has 0 aliphatic rings. The molecule has 0 N–H and O–H groups in total. The van der Waals surface area contributed by atoms with Gasteiger partial charge in [0.15, 0.2) is 0 Å². The summed E-state index contributed by atoms with van der Waals surface area (Å²) in [5.74, 6) is 1.33. The standard InChI is InChI=1S/C22H26O3/c1-25-22-14-12-19(13-15-22)17-21(24)11-7-3-6-10-20(23)16-18-8-4-2-5-9-18/h2,4-5,8-9,12-15H,3,6-7,10-11,16-17H2,1H3. The molecule has 25 heavy (non-hydrogen) atoms. The third kappa shape index (κ3) is 7.34. The van der Waals surface area contributed by atoms with Crippen LogP contribution >= 0.6 is 0 Å². The molecule has 0 aromatic heterocycles. The van der Waals surface area contributed by atoms with E-state index in [4.69, 9.17) is 4.74 Å². The number of carbonyl (C=O) groups excluding carboxylic acids is 2. The molecule has 0 radical (unpaired) electrons. The minimum Gasteiger partial charge on any atom is -0.497 e. The first-order valence-electron chi connectivity index (χ1n) is 8.87. The fourth-order valence-corrected chi connectivity index (χ4v) is 2.79. The second-order valence-corrected chi connectivity index (χ2v) is 6.33. The van der Waals surface area contributed by atoms with Crippen molar-refractivity contribution < 1.29 is 14.3 Å². The summed E-state index contributed by atoms with van der Waals surface area (Å²) in [5, 5.41) is 0. The van der Waals surface area contributed by atoms with E-state index in [1.165, 1.54) is 0 Å². The van der Waals surface area contributed by atoms with E-state index < -0.39 is 0 Å². The number of rotatable bonds is 11. The molecule has 0 unspecified atom stereocenters. The van der Waals surface area contributed by atoms with E-state index in [1.54, 1.807) is 7.11 Å². The topological polar surface area (TPSA) is 43.4 Å². The average molecular weight is 338 g/mol. The Morgan fingerprint density at radius 2 is 1.24 bits per heavy atom. The lowest BCUT2D eigenvalue weighted by Gasteiger charge is -2.04. The highest BCUT2D eigenvalue weighted by atomic mass is 16.5. The van der Waals surface area contributed by atoms with E-state index in [-0.39, 0.29) is 11.6 Å². The molecule has 2 rings (SSSR count). The molecule has 0 atom stereocenters. The minimum absolute atomic E-state index is 0.251. The van der Waals surface area contributed by atoms with E-state index in [9.17, 15) is 9.59 Å². The second kappa shape index (κ2) is 10.4. The van der Waals surface area contributed by atoms with Crippen LogP contribution in [0.2, 0.25) is 0 Å². The SMILES string of the molecule is COc1ccc(CC(=O)CCCCCC(=O)Cc2ccccc2)cc1. The molecule has 0 aliphatic heterocycles. The summed E-state index contributed by atoms with van der Waals surface area (Å²) < 4.78 is 5.11. The smallest absolute Gasteiger partial charge is 0.137 e. The van der Waals surface area contributed by atoms with Gasteiger partial charge in [-0.25, -0.2) is 0 Å². The Bertz CT molecular complexity index is 659. The summed E-state index contributed by atoms with van der Waals surface area (Å²) in [6, 6.07) is 17.4. The van der Waals surface area contributed by atoms with E-state index in [1.807, 2.05) is 54.6 Å². The third-order valence-corrected chi connectivity index (χ3v) is 4.22. The van der Waals surface area contributed by atoms with Gasteiger partial charge in [-0.05, 0) is 36.1 Å². The van der Waals surface area contributed by atoms with Crippen LogP contribution in [0, 0.1) is 0 Å². The van der Waals surface area contributed by atoms with Crippen LogP contribution < -0.4 is 4.74 Å². The van der Waals surface area contributed by atoms with Gasteiger partial charge in [0.2, 0.25) is 0 Å². The van der Waals surface area contributed by atoms with Gasteiger partial charge in [-0.15, -0.1) is 0 Å². The molecule has 0 fully saturated rings. The number of ether oxygens (including phenoxy) is 1. The maximum absolute atomic E-state index is 12.0. The van der Waals surface area contributed by atoms with Gasteiger partial charge in [-0.3, -0.25) is 9.59 Å². The van der Waals surface area contributed by atoms with Crippen LogP contribution in [0.25, 0.3) is 0 Å². The lowest BCUT2D eigenvalue weighted by molar-refractivity contribution is -0.118. The molecule has 3 heteroatoms. The summed E-state index contributed by atoms with van der Waals surface area (Å²) >= 11 is 0. The highest BCUT2D eigenvalue weighted by molar-refractivity contribution is 5.81. The normalized spacial score (nSPS) is 10.4. The fourth-order valence-electron chi connectivity index (χ4n) is 2.79. The van der Waals surface area contributed by atoms with E-state index in [0.29, 0.717) is 25.7 Å². The average Bonchev–Trinajstić information content (AvgIpc) is 2.63. The summed E-state index contributed by atoms with van der Waals surface area (Å²) in [6.45, 7) is 0. The predicted octanol–water partition coefficient (Wildman–Crippen LogP) is 4.57. The number of benzene rings is 2. The highest BCUT2D eigenvalue weighted by Gasteiger charge is 2.06. The van der Waals surface area contributed by atoms with E-state index in [2.05, 4.69) is 0 Å². The maximum Gasteiger partial charge on any atom is 0.137 e. The number of hydrogen-bond donors (Lipinski definition) is 0. The van der Waals surface area contributed by atoms with Crippen LogP contribution in [0.4, 0.5) is 0 Å². The Labute approximate surface area is 150 Å². The first-order valence-corrected chi connectivity index (χ1v) is 8.87. The lowest BCUT2D eigenvalue weighted by atomic mass is 10.0. The first-order chi connectivity index (χ1) is 12.2. The molecule has 0 aliphatic carbocycles.